The van der Waals surface area contributed by atoms with Gasteiger partial charge in [-0.3, -0.25) is 4.68 Å². The Balaban J connectivity index is 2.31. The van der Waals surface area contributed by atoms with Crippen LogP contribution in [-0.2, 0) is 6.54 Å². The van der Waals surface area contributed by atoms with Crippen LogP contribution in [0.2, 0.25) is 0 Å². The molecule has 0 aliphatic rings. The molecule has 1 N–H and O–H groups in total. The van der Waals surface area contributed by atoms with E-state index in [1.54, 1.807) is 0 Å². The maximum atomic E-state index is 8.89. The van der Waals surface area contributed by atoms with Crippen LogP contribution in [-0.4, -0.2) is 22.4 Å². The van der Waals surface area contributed by atoms with Gasteiger partial charge in [0.25, 0.3) is 0 Å². The zero-order valence-electron chi connectivity index (χ0n) is 9.40. The summed E-state index contributed by atoms with van der Waals surface area (Å²) in [5.41, 5.74) is 1.16. The van der Waals surface area contributed by atoms with Gasteiger partial charge in [-0.15, -0.1) is 0 Å². The molecule has 0 aliphatic heterocycles. The molecule has 0 amide bonds. The van der Waals surface area contributed by atoms with Gasteiger partial charge in [0.2, 0.25) is 0 Å². The van der Waals surface area contributed by atoms with Crippen molar-refractivity contribution in [3.63, 3.8) is 0 Å². The van der Waals surface area contributed by atoms with Gasteiger partial charge in [-0.2, -0.15) is 10.4 Å². The van der Waals surface area contributed by atoms with Crippen LogP contribution in [0.15, 0.2) is 12.4 Å². The van der Waals surface area contributed by atoms with Crippen molar-refractivity contribution in [3.8, 4) is 6.07 Å². The zero-order chi connectivity index (χ0) is 11.1. The minimum absolute atomic E-state index is 0.0607. The normalized spacial score (nSPS) is 12.3. The summed E-state index contributed by atoms with van der Waals surface area (Å²) < 4.78 is 1.88. The van der Waals surface area contributed by atoms with Crippen molar-refractivity contribution in [1.82, 2.24) is 15.1 Å². The Morgan fingerprint density at radius 1 is 1.67 bits per heavy atom. The predicted octanol–water partition coefficient (Wildman–Crippen LogP) is 1.47. The standard InChI is InChI=1S/C11H18N4/c1-3-5-13-11(7-12)4-6-15-9-10(2)8-14-15/h8-9,11,13H,3-6H2,1-2H3. The first-order valence-electron chi connectivity index (χ1n) is 5.38. The molecule has 1 aromatic heterocycles. The molecule has 0 aromatic carbocycles. The average Bonchev–Trinajstić information content (AvgIpc) is 2.65. The van der Waals surface area contributed by atoms with Crippen molar-refractivity contribution < 1.29 is 0 Å². The van der Waals surface area contributed by atoms with Crippen molar-refractivity contribution >= 4 is 0 Å². The van der Waals surface area contributed by atoms with Gasteiger partial charge < -0.3 is 5.32 Å². The molecule has 0 aliphatic carbocycles. The molecular formula is C11H18N4. The predicted molar refractivity (Wildman–Crippen MR) is 59.3 cm³/mol. The molecule has 1 heterocycles. The van der Waals surface area contributed by atoms with Crippen LogP contribution >= 0.6 is 0 Å². The second-order valence-corrected chi connectivity index (χ2v) is 3.71. The minimum Gasteiger partial charge on any atom is -0.302 e. The van der Waals surface area contributed by atoms with Crippen LogP contribution in [0.5, 0.6) is 0 Å². The van der Waals surface area contributed by atoms with E-state index in [0.717, 1.165) is 31.5 Å². The highest BCUT2D eigenvalue weighted by Gasteiger charge is 2.05. The minimum atomic E-state index is -0.0607. The number of nitriles is 1. The number of aryl methyl sites for hydroxylation is 2. The number of nitrogens with zero attached hydrogens (tertiary/aromatic N) is 3. The van der Waals surface area contributed by atoms with E-state index in [2.05, 4.69) is 23.4 Å². The third kappa shape index (κ3) is 4.13. The molecule has 82 valence electrons. The lowest BCUT2D eigenvalue weighted by atomic mass is 10.2. The zero-order valence-corrected chi connectivity index (χ0v) is 9.40. The Labute approximate surface area is 90.9 Å². The smallest absolute Gasteiger partial charge is 0.0970 e. The molecule has 4 heteroatoms. The highest BCUT2D eigenvalue weighted by atomic mass is 15.3. The fraction of sp³-hybridized carbons (Fsp3) is 0.636. The number of nitrogens with one attached hydrogen (secondary N) is 1. The topological polar surface area (TPSA) is 53.6 Å². The van der Waals surface area contributed by atoms with Crippen molar-refractivity contribution in [2.45, 2.75) is 39.3 Å². The number of aromatic nitrogens is 2. The van der Waals surface area contributed by atoms with E-state index in [0.29, 0.717) is 0 Å². The highest BCUT2D eigenvalue weighted by molar-refractivity contribution is 4.99. The fourth-order valence-corrected chi connectivity index (χ4v) is 1.38. The van der Waals surface area contributed by atoms with Gasteiger partial charge in [0.05, 0.1) is 18.3 Å². The summed E-state index contributed by atoms with van der Waals surface area (Å²) in [5, 5.41) is 16.3. The van der Waals surface area contributed by atoms with Gasteiger partial charge in [-0.1, -0.05) is 6.92 Å². The van der Waals surface area contributed by atoms with Gasteiger partial charge >= 0.3 is 0 Å². The molecule has 4 nitrogen and oxygen atoms in total. The third-order valence-corrected chi connectivity index (χ3v) is 2.21. The van der Waals surface area contributed by atoms with E-state index in [4.69, 9.17) is 5.26 Å². The van der Waals surface area contributed by atoms with E-state index in [1.807, 2.05) is 24.0 Å². The number of hydrogen-bond acceptors (Lipinski definition) is 3. The van der Waals surface area contributed by atoms with E-state index >= 15 is 0 Å². The van der Waals surface area contributed by atoms with Gasteiger partial charge in [0.15, 0.2) is 0 Å². The van der Waals surface area contributed by atoms with Gasteiger partial charge in [-0.25, -0.2) is 0 Å². The van der Waals surface area contributed by atoms with Crippen LogP contribution in [0.25, 0.3) is 0 Å². The second-order valence-electron chi connectivity index (χ2n) is 3.71. The van der Waals surface area contributed by atoms with E-state index in [9.17, 15) is 0 Å². The monoisotopic (exact) mass is 206 g/mol. The Morgan fingerprint density at radius 2 is 2.47 bits per heavy atom. The van der Waals surface area contributed by atoms with Crippen LogP contribution in [0.4, 0.5) is 0 Å². The summed E-state index contributed by atoms with van der Waals surface area (Å²) in [7, 11) is 0. The molecule has 15 heavy (non-hydrogen) atoms. The molecule has 0 saturated carbocycles. The number of rotatable bonds is 6. The van der Waals surface area contributed by atoms with Crippen LogP contribution in [0, 0.1) is 18.3 Å². The Morgan fingerprint density at radius 3 is 3.00 bits per heavy atom. The van der Waals surface area contributed by atoms with E-state index in [1.165, 1.54) is 0 Å². The number of hydrogen-bond donors (Lipinski definition) is 1. The Kier molecular flexibility index (Phi) is 4.85. The third-order valence-electron chi connectivity index (χ3n) is 2.21. The summed E-state index contributed by atoms with van der Waals surface area (Å²) in [6.07, 6.45) is 5.69. The summed E-state index contributed by atoms with van der Waals surface area (Å²) in [4.78, 5) is 0. The summed E-state index contributed by atoms with van der Waals surface area (Å²) >= 11 is 0. The highest BCUT2D eigenvalue weighted by Crippen LogP contribution is 1.98. The molecule has 1 rings (SSSR count). The molecule has 0 spiro atoms. The Hall–Kier alpha value is -1.34. The van der Waals surface area contributed by atoms with Crippen LogP contribution < -0.4 is 5.32 Å². The molecule has 1 aromatic rings. The summed E-state index contributed by atoms with van der Waals surface area (Å²) in [6, 6.07) is 2.20. The first-order chi connectivity index (χ1) is 7.26. The van der Waals surface area contributed by atoms with Crippen molar-refractivity contribution in [2.24, 2.45) is 0 Å². The quantitative estimate of drug-likeness (QED) is 0.767. The first-order valence-corrected chi connectivity index (χ1v) is 5.38. The molecule has 0 bridgehead atoms. The fourth-order valence-electron chi connectivity index (χ4n) is 1.38. The molecule has 1 atom stereocenters. The maximum Gasteiger partial charge on any atom is 0.0970 e. The van der Waals surface area contributed by atoms with Gasteiger partial charge in [0.1, 0.15) is 0 Å². The summed E-state index contributed by atoms with van der Waals surface area (Å²) in [5.74, 6) is 0. The van der Waals surface area contributed by atoms with E-state index in [-0.39, 0.29) is 6.04 Å². The second kappa shape index (κ2) is 6.20. The van der Waals surface area contributed by atoms with Crippen LogP contribution in [0.1, 0.15) is 25.3 Å². The summed E-state index contributed by atoms with van der Waals surface area (Å²) in [6.45, 7) is 5.80. The SMILES string of the molecule is CCCNC(C#N)CCn1cc(C)cn1. The van der Waals surface area contributed by atoms with E-state index < -0.39 is 0 Å². The van der Waals surface area contributed by atoms with Gasteiger partial charge in [0, 0.05) is 12.7 Å². The van der Waals surface area contributed by atoms with Crippen LogP contribution in [0.3, 0.4) is 0 Å². The molecule has 0 radical (unpaired) electrons. The lowest BCUT2D eigenvalue weighted by molar-refractivity contribution is 0.493. The van der Waals surface area contributed by atoms with Crippen molar-refractivity contribution in [1.29, 1.82) is 5.26 Å². The molecule has 1 unspecified atom stereocenters. The van der Waals surface area contributed by atoms with Crippen molar-refractivity contribution in [2.75, 3.05) is 6.54 Å². The maximum absolute atomic E-state index is 8.89. The molecule has 0 saturated heterocycles. The molecular weight excluding hydrogens is 188 g/mol. The van der Waals surface area contributed by atoms with Crippen molar-refractivity contribution in [3.05, 3.63) is 18.0 Å². The lowest BCUT2D eigenvalue weighted by Gasteiger charge is -2.10. The first kappa shape index (κ1) is 11.7. The molecule has 0 fully saturated rings. The largest absolute Gasteiger partial charge is 0.302 e. The Bertz CT molecular complexity index is 324. The lowest BCUT2D eigenvalue weighted by Crippen LogP contribution is -2.29. The van der Waals surface area contributed by atoms with Gasteiger partial charge in [-0.05, 0) is 31.9 Å². The average molecular weight is 206 g/mol.